The molecule has 1 aliphatic heterocycles. The van der Waals surface area contributed by atoms with Gasteiger partial charge in [-0.2, -0.15) is 0 Å². The van der Waals surface area contributed by atoms with Crippen LogP contribution in [0, 0.1) is 0 Å². The third-order valence-electron chi connectivity index (χ3n) is 7.05. The lowest BCUT2D eigenvalue weighted by atomic mass is 9.95. The van der Waals surface area contributed by atoms with E-state index in [1.54, 1.807) is 42.5 Å². The van der Waals surface area contributed by atoms with E-state index in [1.165, 1.54) is 35.1 Å². The van der Waals surface area contributed by atoms with Gasteiger partial charge in [-0.1, -0.05) is 72.3 Å². The van der Waals surface area contributed by atoms with Crippen molar-refractivity contribution in [2.24, 2.45) is 0 Å². The van der Waals surface area contributed by atoms with Crippen molar-refractivity contribution < 1.29 is 28.9 Å². The molecule has 0 saturated carbocycles. The van der Waals surface area contributed by atoms with Crippen molar-refractivity contribution in [1.82, 2.24) is 10.2 Å². The number of aliphatic hydroxyl groups excluding tert-OH is 1. The molecule has 0 radical (unpaired) electrons. The molecule has 1 atom stereocenters. The number of methoxy groups -OCH3 is 1. The molecule has 1 N–H and O–H groups in total. The van der Waals surface area contributed by atoms with Gasteiger partial charge >= 0.3 is 5.91 Å². The van der Waals surface area contributed by atoms with Gasteiger partial charge in [0.15, 0.2) is 15.8 Å². The van der Waals surface area contributed by atoms with E-state index < -0.39 is 17.7 Å². The van der Waals surface area contributed by atoms with E-state index in [-0.39, 0.29) is 16.5 Å². The van der Waals surface area contributed by atoms with Gasteiger partial charge in [0.2, 0.25) is 5.13 Å². The van der Waals surface area contributed by atoms with Gasteiger partial charge < -0.3 is 19.3 Å². The molecule has 2 heterocycles. The van der Waals surface area contributed by atoms with Gasteiger partial charge in [0.1, 0.15) is 11.5 Å². The number of aliphatic hydroxyl groups is 1. The fraction of sp³-hybridized carbons (Fsp3) is 0.273. The van der Waals surface area contributed by atoms with E-state index >= 15 is 0 Å². The Morgan fingerprint density at radius 1 is 1.02 bits per heavy atom. The summed E-state index contributed by atoms with van der Waals surface area (Å²) in [5.41, 5.74) is 1.75. The molecule has 0 spiro atoms. The fourth-order valence-corrected chi connectivity index (χ4v) is 6.94. The van der Waals surface area contributed by atoms with Crippen LogP contribution < -0.4 is 19.1 Å². The highest BCUT2D eigenvalue weighted by molar-refractivity contribution is 8.00. The molecule has 1 unspecified atom stereocenters. The summed E-state index contributed by atoms with van der Waals surface area (Å²) in [7, 11) is 1.51. The molecule has 1 aromatic heterocycles. The zero-order valence-electron chi connectivity index (χ0n) is 25.0. The normalized spacial score (nSPS) is 15.8. The third kappa shape index (κ3) is 7.11. The maximum atomic E-state index is 13.7. The number of nitrogens with zero attached hydrogens (tertiary/aromatic N) is 3. The first-order valence-electron chi connectivity index (χ1n) is 14.4. The molecular weight excluding hydrogens is 634 g/mol. The average molecular weight is 666 g/mol. The summed E-state index contributed by atoms with van der Waals surface area (Å²) < 4.78 is 17.6. The van der Waals surface area contributed by atoms with Crippen molar-refractivity contribution in [1.29, 1.82) is 0 Å². The summed E-state index contributed by atoms with van der Waals surface area (Å²) in [6.45, 7) is 4.94. The van der Waals surface area contributed by atoms with Crippen LogP contribution in [0.1, 0.15) is 49.4 Å². The molecular formula is C33H32ClN3O6S2. The Morgan fingerprint density at radius 2 is 1.80 bits per heavy atom. The Hall–Kier alpha value is -4.06. The van der Waals surface area contributed by atoms with E-state index in [2.05, 4.69) is 17.1 Å². The SMILES string of the molecule is CCCCOc1ccc(C(O)=C2C(=O)C(=O)N(c3nnc(SCc4ccccc4Cl)s3)C2c2ccc(OCC)c(OC)c2)cc1. The molecule has 3 aromatic carbocycles. The third-order valence-corrected chi connectivity index (χ3v) is 9.53. The summed E-state index contributed by atoms with van der Waals surface area (Å²) >= 11 is 8.91. The van der Waals surface area contributed by atoms with Gasteiger partial charge in [0, 0.05) is 16.3 Å². The van der Waals surface area contributed by atoms with Crippen molar-refractivity contribution in [2.75, 3.05) is 25.2 Å². The number of rotatable bonds is 13. The first kappa shape index (κ1) is 32.3. The highest BCUT2D eigenvalue weighted by Gasteiger charge is 2.48. The number of carbonyl (C=O) groups excluding carboxylic acids is 2. The number of thioether (sulfide) groups is 1. The number of amides is 1. The number of hydrogen-bond donors (Lipinski definition) is 1. The number of carbonyl (C=O) groups is 2. The summed E-state index contributed by atoms with van der Waals surface area (Å²) in [5.74, 6) is 0.137. The molecule has 234 valence electrons. The zero-order chi connectivity index (χ0) is 31.9. The maximum absolute atomic E-state index is 13.7. The van der Waals surface area contributed by atoms with Crippen molar-refractivity contribution >= 4 is 57.3 Å². The number of ketones is 1. The highest BCUT2D eigenvalue weighted by Crippen LogP contribution is 2.45. The second-order valence-corrected chi connectivity index (χ2v) is 12.6. The zero-order valence-corrected chi connectivity index (χ0v) is 27.4. The molecule has 4 aromatic rings. The summed E-state index contributed by atoms with van der Waals surface area (Å²) in [4.78, 5) is 28.6. The molecule has 0 bridgehead atoms. The number of anilines is 1. The Kier molecular flexibility index (Phi) is 10.6. The Balaban J connectivity index is 1.54. The second kappa shape index (κ2) is 14.8. The van der Waals surface area contributed by atoms with E-state index in [0.29, 0.717) is 56.7 Å². The van der Waals surface area contributed by atoms with Crippen molar-refractivity contribution in [3.8, 4) is 17.2 Å². The predicted molar refractivity (Wildman–Crippen MR) is 177 cm³/mol. The summed E-state index contributed by atoms with van der Waals surface area (Å²) in [6.07, 6.45) is 1.92. The lowest BCUT2D eigenvalue weighted by Crippen LogP contribution is -2.29. The number of Topliss-reactive ketones (excluding diaryl/α,β-unsaturated/α-hetero) is 1. The van der Waals surface area contributed by atoms with Crippen molar-refractivity contribution in [2.45, 2.75) is 42.8 Å². The van der Waals surface area contributed by atoms with Gasteiger partial charge in [-0.3, -0.25) is 14.5 Å². The molecule has 45 heavy (non-hydrogen) atoms. The molecule has 0 aliphatic carbocycles. The lowest BCUT2D eigenvalue weighted by Gasteiger charge is -2.23. The van der Waals surface area contributed by atoms with Crippen LogP contribution in [0.2, 0.25) is 5.02 Å². The van der Waals surface area contributed by atoms with Crippen LogP contribution in [0.4, 0.5) is 5.13 Å². The Labute approximate surface area is 274 Å². The first-order chi connectivity index (χ1) is 21.9. The molecule has 1 fully saturated rings. The molecule has 5 rings (SSSR count). The van der Waals surface area contributed by atoms with Gasteiger partial charge in [-0.05, 0) is 66.9 Å². The Bertz CT molecular complexity index is 1710. The number of benzene rings is 3. The van der Waals surface area contributed by atoms with Crippen LogP contribution in [0.5, 0.6) is 17.2 Å². The minimum atomic E-state index is -1.01. The van der Waals surface area contributed by atoms with Crippen LogP contribution in [0.15, 0.2) is 76.6 Å². The number of aromatic nitrogens is 2. The van der Waals surface area contributed by atoms with E-state index in [0.717, 1.165) is 18.4 Å². The summed E-state index contributed by atoms with van der Waals surface area (Å²) in [6, 6.07) is 18.4. The maximum Gasteiger partial charge on any atom is 0.301 e. The molecule has 1 amide bonds. The van der Waals surface area contributed by atoms with Gasteiger partial charge in [0.25, 0.3) is 5.78 Å². The van der Waals surface area contributed by atoms with Gasteiger partial charge in [0.05, 0.1) is 31.9 Å². The quantitative estimate of drug-likeness (QED) is 0.0383. The van der Waals surface area contributed by atoms with Crippen molar-refractivity contribution in [3.63, 3.8) is 0 Å². The molecule has 9 nitrogen and oxygen atoms in total. The summed E-state index contributed by atoms with van der Waals surface area (Å²) in [5, 5.41) is 21.0. The van der Waals surface area contributed by atoms with Crippen LogP contribution in [-0.4, -0.2) is 47.3 Å². The Morgan fingerprint density at radius 3 is 2.51 bits per heavy atom. The second-order valence-electron chi connectivity index (χ2n) is 9.97. The van der Waals surface area contributed by atoms with E-state index in [4.69, 9.17) is 25.8 Å². The fourth-order valence-electron chi connectivity index (χ4n) is 4.79. The molecule has 12 heteroatoms. The number of halogens is 1. The highest BCUT2D eigenvalue weighted by atomic mass is 35.5. The van der Waals surface area contributed by atoms with Crippen LogP contribution in [-0.2, 0) is 15.3 Å². The van der Waals surface area contributed by atoms with Crippen LogP contribution in [0.3, 0.4) is 0 Å². The first-order valence-corrected chi connectivity index (χ1v) is 16.6. The van der Waals surface area contributed by atoms with Crippen LogP contribution >= 0.6 is 34.7 Å². The molecule has 1 aliphatic rings. The van der Waals surface area contributed by atoms with Crippen molar-refractivity contribution in [3.05, 3.63) is 94.0 Å². The van der Waals surface area contributed by atoms with Gasteiger partial charge in [-0.15, -0.1) is 10.2 Å². The van der Waals surface area contributed by atoms with Crippen LogP contribution in [0.25, 0.3) is 5.76 Å². The van der Waals surface area contributed by atoms with E-state index in [9.17, 15) is 14.7 Å². The number of unbranched alkanes of at least 4 members (excludes halogenated alkanes) is 1. The topological polar surface area (TPSA) is 111 Å². The largest absolute Gasteiger partial charge is 0.507 e. The van der Waals surface area contributed by atoms with Gasteiger partial charge in [-0.25, -0.2) is 0 Å². The standard InChI is InChI=1S/C33H32ClN3O6S2/c1-4-6-17-43-23-14-11-20(12-15-23)29(38)27-28(21-13-16-25(42-5-2)26(18-21)41-3)37(31(40)30(27)39)32-35-36-33(45-32)44-19-22-9-7-8-10-24(22)34/h7-16,18,28,38H,4-6,17,19H2,1-3H3. The molecule has 1 saturated heterocycles. The lowest BCUT2D eigenvalue weighted by molar-refractivity contribution is -0.132. The number of ether oxygens (including phenoxy) is 3. The monoisotopic (exact) mass is 665 g/mol. The minimum Gasteiger partial charge on any atom is -0.507 e. The van der Waals surface area contributed by atoms with E-state index in [1.807, 2.05) is 31.2 Å². The number of hydrogen-bond acceptors (Lipinski definition) is 10. The smallest absolute Gasteiger partial charge is 0.301 e. The average Bonchev–Trinajstić information content (AvgIpc) is 3.62. The predicted octanol–water partition coefficient (Wildman–Crippen LogP) is 7.70. The minimum absolute atomic E-state index is 0.0775.